The summed E-state index contributed by atoms with van der Waals surface area (Å²) < 4.78 is 4.79. The van der Waals surface area contributed by atoms with Gasteiger partial charge in [-0.25, -0.2) is 4.79 Å². The highest BCUT2D eigenvalue weighted by atomic mass is 16.5. The van der Waals surface area contributed by atoms with E-state index >= 15 is 0 Å². The first-order valence-electron chi connectivity index (χ1n) is 5.89. The van der Waals surface area contributed by atoms with Gasteiger partial charge in [0.1, 0.15) is 0 Å². The zero-order valence-corrected chi connectivity index (χ0v) is 10.5. The van der Waals surface area contributed by atoms with Gasteiger partial charge >= 0.3 is 5.97 Å². The van der Waals surface area contributed by atoms with Crippen molar-refractivity contribution in [2.45, 2.75) is 13.8 Å². The first-order valence-corrected chi connectivity index (χ1v) is 5.89. The maximum absolute atomic E-state index is 11.2. The molecule has 0 atom stereocenters. The van der Waals surface area contributed by atoms with Gasteiger partial charge in [-0.05, 0) is 36.2 Å². The third-order valence-corrected chi connectivity index (χ3v) is 2.72. The van der Waals surface area contributed by atoms with Crippen molar-refractivity contribution in [2.24, 2.45) is 0 Å². The van der Waals surface area contributed by atoms with Crippen molar-refractivity contribution in [3.05, 3.63) is 47.5 Å². The highest BCUT2D eigenvalue weighted by Crippen LogP contribution is 2.21. The molecule has 0 fully saturated rings. The van der Waals surface area contributed by atoms with E-state index in [9.17, 15) is 4.79 Å². The zero-order chi connectivity index (χ0) is 13.0. The van der Waals surface area contributed by atoms with Crippen molar-refractivity contribution in [3.8, 4) is 11.8 Å². The fourth-order valence-electron chi connectivity index (χ4n) is 1.84. The molecule has 0 amide bonds. The Hall–Kier alpha value is -2.27. The molecule has 0 saturated heterocycles. The Bertz CT molecular complexity index is 645. The van der Waals surface area contributed by atoms with Crippen molar-refractivity contribution in [3.63, 3.8) is 0 Å². The van der Waals surface area contributed by atoms with Gasteiger partial charge in [-0.1, -0.05) is 36.3 Å². The quantitative estimate of drug-likeness (QED) is 0.564. The maximum Gasteiger partial charge on any atom is 0.384 e. The Morgan fingerprint density at radius 1 is 1.17 bits per heavy atom. The summed E-state index contributed by atoms with van der Waals surface area (Å²) in [4.78, 5) is 11.2. The molecule has 0 radical (unpaired) electrons. The van der Waals surface area contributed by atoms with Crippen LogP contribution >= 0.6 is 0 Å². The fourth-order valence-corrected chi connectivity index (χ4v) is 1.84. The number of fused-ring (bicyclic) bond motifs is 1. The van der Waals surface area contributed by atoms with E-state index in [1.165, 1.54) is 5.56 Å². The van der Waals surface area contributed by atoms with Crippen LogP contribution in [0.3, 0.4) is 0 Å². The molecule has 2 aromatic carbocycles. The number of hydrogen-bond donors (Lipinski definition) is 0. The van der Waals surface area contributed by atoms with E-state index in [1.54, 1.807) is 6.92 Å². The Kier molecular flexibility index (Phi) is 3.64. The minimum absolute atomic E-state index is 0.349. The Morgan fingerprint density at radius 3 is 2.61 bits per heavy atom. The fraction of sp³-hybridized carbons (Fsp3) is 0.188. The van der Waals surface area contributed by atoms with Crippen LogP contribution in [-0.2, 0) is 9.53 Å². The second-order valence-electron chi connectivity index (χ2n) is 3.95. The summed E-state index contributed by atoms with van der Waals surface area (Å²) in [5, 5.41) is 2.22. The van der Waals surface area contributed by atoms with E-state index in [1.807, 2.05) is 30.3 Å². The predicted molar refractivity (Wildman–Crippen MR) is 72.2 cm³/mol. The number of esters is 1. The topological polar surface area (TPSA) is 26.3 Å². The summed E-state index contributed by atoms with van der Waals surface area (Å²) >= 11 is 0. The lowest BCUT2D eigenvalue weighted by molar-refractivity contribution is -0.136. The molecule has 2 rings (SSSR count). The monoisotopic (exact) mass is 238 g/mol. The number of carbonyl (C=O) groups excluding carboxylic acids is 1. The highest BCUT2D eigenvalue weighted by Gasteiger charge is 2.01. The van der Waals surface area contributed by atoms with Crippen LogP contribution in [0, 0.1) is 18.8 Å². The minimum Gasteiger partial charge on any atom is -0.456 e. The van der Waals surface area contributed by atoms with Gasteiger partial charge < -0.3 is 4.74 Å². The zero-order valence-electron chi connectivity index (χ0n) is 10.5. The Labute approximate surface area is 107 Å². The van der Waals surface area contributed by atoms with Gasteiger partial charge in [0.25, 0.3) is 0 Å². The second-order valence-corrected chi connectivity index (χ2v) is 3.95. The third kappa shape index (κ3) is 2.52. The van der Waals surface area contributed by atoms with Crippen LogP contribution in [0.5, 0.6) is 0 Å². The van der Waals surface area contributed by atoms with Gasteiger partial charge in [-0.15, -0.1) is 0 Å². The van der Waals surface area contributed by atoms with Crippen molar-refractivity contribution in [1.29, 1.82) is 0 Å². The molecule has 0 saturated carbocycles. The molecule has 0 heterocycles. The normalized spacial score (nSPS) is 9.67. The maximum atomic E-state index is 11.2. The summed E-state index contributed by atoms with van der Waals surface area (Å²) in [5.74, 6) is 4.89. The van der Waals surface area contributed by atoms with Crippen LogP contribution < -0.4 is 0 Å². The number of hydrogen-bond acceptors (Lipinski definition) is 2. The van der Waals surface area contributed by atoms with Gasteiger partial charge in [0, 0.05) is 11.5 Å². The molecule has 0 unspecified atom stereocenters. The summed E-state index contributed by atoms with van der Waals surface area (Å²) in [5.41, 5.74) is 2.05. The molecular weight excluding hydrogens is 224 g/mol. The van der Waals surface area contributed by atoms with E-state index in [2.05, 4.69) is 24.8 Å². The predicted octanol–water partition coefficient (Wildman–Crippen LogP) is 3.06. The van der Waals surface area contributed by atoms with E-state index < -0.39 is 5.97 Å². The molecular formula is C16H14O2. The molecule has 0 aliphatic carbocycles. The molecule has 0 spiro atoms. The van der Waals surface area contributed by atoms with E-state index in [0.29, 0.717) is 6.61 Å². The molecule has 0 aromatic heterocycles. The standard InChI is InChI=1S/C16H14O2/c1-3-18-16(17)11-10-13-9-8-12(2)14-6-4-5-7-15(13)14/h4-9H,3H2,1-2H3. The van der Waals surface area contributed by atoms with Gasteiger partial charge in [0.2, 0.25) is 0 Å². The van der Waals surface area contributed by atoms with Crippen molar-refractivity contribution in [1.82, 2.24) is 0 Å². The van der Waals surface area contributed by atoms with Gasteiger partial charge in [-0.3, -0.25) is 0 Å². The number of carbonyl (C=O) groups is 1. The molecule has 0 aliphatic rings. The van der Waals surface area contributed by atoms with Crippen LogP contribution in [0.15, 0.2) is 36.4 Å². The van der Waals surface area contributed by atoms with Crippen molar-refractivity contribution < 1.29 is 9.53 Å². The molecule has 0 bridgehead atoms. The third-order valence-electron chi connectivity index (χ3n) is 2.72. The van der Waals surface area contributed by atoms with Crippen LogP contribution in [0.1, 0.15) is 18.1 Å². The summed E-state index contributed by atoms with van der Waals surface area (Å²) in [6.45, 7) is 4.17. The molecule has 90 valence electrons. The average Bonchev–Trinajstić information content (AvgIpc) is 2.39. The molecule has 18 heavy (non-hydrogen) atoms. The second kappa shape index (κ2) is 5.37. The van der Waals surface area contributed by atoms with Gasteiger partial charge in [0.15, 0.2) is 0 Å². The lowest BCUT2D eigenvalue weighted by Gasteiger charge is -2.03. The van der Waals surface area contributed by atoms with E-state index in [-0.39, 0.29) is 0 Å². The van der Waals surface area contributed by atoms with Crippen LogP contribution in [-0.4, -0.2) is 12.6 Å². The number of aryl methyl sites for hydroxylation is 1. The lowest BCUT2D eigenvalue weighted by Crippen LogP contribution is -1.99. The Balaban J connectivity index is 2.46. The molecule has 0 aliphatic heterocycles. The molecule has 0 N–H and O–H groups in total. The van der Waals surface area contributed by atoms with E-state index in [4.69, 9.17) is 4.74 Å². The number of ether oxygens (including phenoxy) is 1. The largest absolute Gasteiger partial charge is 0.456 e. The van der Waals surface area contributed by atoms with Crippen LogP contribution in [0.2, 0.25) is 0 Å². The molecule has 2 aromatic rings. The van der Waals surface area contributed by atoms with Crippen molar-refractivity contribution >= 4 is 16.7 Å². The summed E-state index contributed by atoms with van der Waals surface area (Å²) in [6, 6.07) is 12.0. The molecule has 2 heteroatoms. The first-order chi connectivity index (χ1) is 8.72. The van der Waals surface area contributed by atoms with Gasteiger partial charge in [-0.2, -0.15) is 0 Å². The molecule has 2 nitrogen and oxygen atoms in total. The summed E-state index contributed by atoms with van der Waals surface area (Å²) in [6.07, 6.45) is 0. The van der Waals surface area contributed by atoms with Crippen molar-refractivity contribution in [2.75, 3.05) is 6.61 Å². The van der Waals surface area contributed by atoms with Gasteiger partial charge in [0.05, 0.1) is 6.61 Å². The number of benzene rings is 2. The van der Waals surface area contributed by atoms with Crippen LogP contribution in [0.4, 0.5) is 0 Å². The summed E-state index contributed by atoms with van der Waals surface area (Å²) in [7, 11) is 0. The number of rotatable bonds is 1. The SMILES string of the molecule is CCOC(=O)C#Cc1ccc(C)c2ccccc12. The first kappa shape index (κ1) is 12.2. The van der Waals surface area contributed by atoms with Crippen LogP contribution in [0.25, 0.3) is 10.8 Å². The highest BCUT2D eigenvalue weighted by molar-refractivity contribution is 5.94. The Morgan fingerprint density at radius 2 is 1.89 bits per heavy atom. The lowest BCUT2D eigenvalue weighted by atomic mass is 10.0. The smallest absolute Gasteiger partial charge is 0.384 e. The average molecular weight is 238 g/mol. The minimum atomic E-state index is -0.484. The van der Waals surface area contributed by atoms with E-state index in [0.717, 1.165) is 16.3 Å².